The van der Waals surface area contributed by atoms with Crippen molar-refractivity contribution in [2.24, 2.45) is 0 Å². The Balaban J connectivity index is 0.000000250. The molecule has 0 fully saturated rings. The van der Waals surface area contributed by atoms with Gasteiger partial charge >= 0.3 is 0 Å². The number of hydrogen-bond acceptors (Lipinski definition) is 0. The molecule has 0 aromatic carbocycles. The molecule has 1 aliphatic rings. The summed E-state index contributed by atoms with van der Waals surface area (Å²) in [6.07, 6.45) is 9.50. The molecule has 1 heteroatoms. The third-order valence-electron chi connectivity index (χ3n) is 0.655. The molecule has 0 aromatic heterocycles. The van der Waals surface area contributed by atoms with Crippen LogP contribution in [-0.2, 0) is 17.1 Å². The van der Waals surface area contributed by atoms with Crippen LogP contribution in [0.15, 0.2) is 24.3 Å². The Morgan fingerprint density at radius 1 is 1.00 bits per heavy atom. The predicted octanol–water partition coefficient (Wildman–Crippen LogP) is 1.50. The minimum Gasteiger partial charge on any atom is -0.0808 e. The summed E-state index contributed by atoms with van der Waals surface area (Å²) in [6.45, 7) is 0. The van der Waals surface area contributed by atoms with Crippen molar-refractivity contribution in [3.05, 3.63) is 24.3 Å². The van der Waals surface area contributed by atoms with Gasteiger partial charge in [0.15, 0.2) is 0 Å². The summed E-state index contributed by atoms with van der Waals surface area (Å²) in [6, 6.07) is 0. The van der Waals surface area contributed by atoms with Gasteiger partial charge in [-0.1, -0.05) is 24.3 Å². The molecular formula is C5H6Cu. The van der Waals surface area contributed by atoms with Crippen molar-refractivity contribution in [1.29, 1.82) is 0 Å². The first kappa shape index (κ1) is 6.00. The number of rotatable bonds is 0. The summed E-state index contributed by atoms with van der Waals surface area (Å²) in [5.41, 5.74) is 0. The minimum atomic E-state index is 0. The smallest absolute Gasteiger partial charge is 0 e. The maximum absolute atomic E-state index is 2.12. The molecule has 1 rings (SSSR count). The van der Waals surface area contributed by atoms with Gasteiger partial charge in [-0.15, -0.1) is 0 Å². The van der Waals surface area contributed by atoms with E-state index in [-0.39, 0.29) is 17.1 Å². The molecule has 1 aliphatic carbocycles. The van der Waals surface area contributed by atoms with E-state index in [0.717, 1.165) is 6.42 Å². The van der Waals surface area contributed by atoms with Crippen LogP contribution in [0.4, 0.5) is 0 Å². The van der Waals surface area contributed by atoms with Crippen LogP contribution < -0.4 is 0 Å². The molecule has 0 aromatic rings. The Hall–Kier alpha value is -0.000519. The van der Waals surface area contributed by atoms with Gasteiger partial charge in [0.25, 0.3) is 0 Å². The number of hydrogen-bond donors (Lipinski definition) is 0. The van der Waals surface area contributed by atoms with Crippen molar-refractivity contribution in [2.45, 2.75) is 6.42 Å². The maximum atomic E-state index is 2.12. The largest absolute Gasteiger partial charge is 0.0808 e. The quantitative estimate of drug-likeness (QED) is 0.435. The van der Waals surface area contributed by atoms with E-state index in [1.54, 1.807) is 0 Å². The molecule has 0 aliphatic heterocycles. The van der Waals surface area contributed by atoms with Crippen LogP contribution in [0.25, 0.3) is 0 Å². The molecule has 0 N–H and O–H groups in total. The Labute approximate surface area is 48.4 Å². The second-order valence-corrected chi connectivity index (χ2v) is 1.09. The van der Waals surface area contributed by atoms with E-state index in [1.165, 1.54) is 0 Å². The molecule has 6 heavy (non-hydrogen) atoms. The van der Waals surface area contributed by atoms with Gasteiger partial charge in [-0.3, -0.25) is 0 Å². The second-order valence-electron chi connectivity index (χ2n) is 1.09. The first-order chi connectivity index (χ1) is 2.50. The van der Waals surface area contributed by atoms with Crippen molar-refractivity contribution >= 4 is 0 Å². The summed E-state index contributed by atoms with van der Waals surface area (Å²) in [4.78, 5) is 0. The normalized spacial score (nSPS) is 14.7. The van der Waals surface area contributed by atoms with Crippen LogP contribution in [0.1, 0.15) is 6.42 Å². The van der Waals surface area contributed by atoms with Gasteiger partial charge in [-0.05, 0) is 6.42 Å². The molecule has 37 valence electrons. The Morgan fingerprint density at radius 3 is 1.67 bits per heavy atom. The first-order valence-corrected chi connectivity index (χ1v) is 1.82. The molecule has 1 radical (unpaired) electrons. The zero-order valence-corrected chi connectivity index (χ0v) is 4.26. The fraction of sp³-hybridized carbons (Fsp3) is 0.200. The molecular weight excluding hydrogens is 124 g/mol. The average Bonchev–Trinajstić information content (AvgIpc) is 1.76. The second kappa shape index (κ2) is 3.20. The topological polar surface area (TPSA) is 0 Å². The van der Waals surface area contributed by atoms with Crippen LogP contribution in [0, 0.1) is 0 Å². The van der Waals surface area contributed by atoms with Crippen molar-refractivity contribution in [3.8, 4) is 0 Å². The van der Waals surface area contributed by atoms with Crippen LogP contribution in [0.2, 0.25) is 0 Å². The summed E-state index contributed by atoms with van der Waals surface area (Å²) >= 11 is 0. The molecule has 0 saturated heterocycles. The van der Waals surface area contributed by atoms with Crippen LogP contribution >= 0.6 is 0 Å². The maximum Gasteiger partial charge on any atom is 0 e. The molecule has 0 spiro atoms. The van der Waals surface area contributed by atoms with Crippen molar-refractivity contribution in [2.75, 3.05) is 0 Å². The van der Waals surface area contributed by atoms with Gasteiger partial charge in [0.2, 0.25) is 0 Å². The van der Waals surface area contributed by atoms with Crippen molar-refractivity contribution in [3.63, 3.8) is 0 Å². The monoisotopic (exact) mass is 129 g/mol. The van der Waals surface area contributed by atoms with E-state index in [9.17, 15) is 0 Å². The molecule has 0 unspecified atom stereocenters. The molecule has 0 amide bonds. The molecule has 0 saturated carbocycles. The van der Waals surface area contributed by atoms with Crippen molar-refractivity contribution < 1.29 is 17.1 Å². The van der Waals surface area contributed by atoms with Gasteiger partial charge in [0.1, 0.15) is 0 Å². The van der Waals surface area contributed by atoms with E-state index in [4.69, 9.17) is 0 Å². The van der Waals surface area contributed by atoms with E-state index in [2.05, 4.69) is 24.3 Å². The van der Waals surface area contributed by atoms with Crippen LogP contribution in [0.5, 0.6) is 0 Å². The molecule has 0 nitrogen and oxygen atoms in total. The summed E-state index contributed by atoms with van der Waals surface area (Å²) in [5.74, 6) is 0. The van der Waals surface area contributed by atoms with E-state index in [1.807, 2.05) is 0 Å². The molecule has 0 atom stereocenters. The van der Waals surface area contributed by atoms with Gasteiger partial charge in [-0.25, -0.2) is 0 Å². The van der Waals surface area contributed by atoms with E-state index in [0.29, 0.717) is 0 Å². The standard InChI is InChI=1S/C5H6.Cu/c1-2-4-5-3-1;/h1-4H,5H2;. The Morgan fingerprint density at radius 2 is 1.50 bits per heavy atom. The zero-order chi connectivity index (χ0) is 3.54. The van der Waals surface area contributed by atoms with E-state index >= 15 is 0 Å². The molecule has 0 heterocycles. The number of allylic oxidation sites excluding steroid dienone is 4. The summed E-state index contributed by atoms with van der Waals surface area (Å²) in [7, 11) is 0. The third-order valence-corrected chi connectivity index (χ3v) is 0.655. The van der Waals surface area contributed by atoms with Gasteiger partial charge in [0.05, 0.1) is 0 Å². The summed E-state index contributed by atoms with van der Waals surface area (Å²) in [5, 5.41) is 0. The van der Waals surface area contributed by atoms with Gasteiger partial charge < -0.3 is 0 Å². The Kier molecular flexibility index (Phi) is 3.20. The SMILES string of the molecule is C1=CCC=C1.[Cu]. The average molecular weight is 130 g/mol. The van der Waals surface area contributed by atoms with Crippen LogP contribution in [0.3, 0.4) is 0 Å². The van der Waals surface area contributed by atoms with Gasteiger partial charge in [0, 0.05) is 17.1 Å². The Bertz CT molecular complexity index is 62.0. The van der Waals surface area contributed by atoms with Gasteiger partial charge in [-0.2, -0.15) is 0 Å². The first-order valence-electron chi connectivity index (χ1n) is 1.82. The zero-order valence-electron chi connectivity index (χ0n) is 3.32. The van der Waals surface area contributed by atoms with E-state index < -0.39 is 0 Å². The predicted molar refractivity (Wildman–Crippen MR) is 22.9 cm³/mol. The fourth-order valence-electron chi connectivity index (χ4n) is 0.393. The van der Waals surface area contributed by atoms with Crippen LogP contribution in [-0.4, -0.2) is 0 Å². The van der Waals surface area contributed by atoms with Crippen molar-refractivity contribution in [1.82, 2.24) is 0 Å². The fourth-order valence-corrected chi connectivity index (χ4v) is 0.393. The minimum absolute atomic E-state index is 0. The molecule has 0 bridgehead atoms. The summed E-state index contributed by atoms with van der Waals surface area (Å²) < 4.78 is 0. The third kappa shape index (κ3) is 1.44.